The first-order valence-electron chi connectivity index (χ1n) is 5.24. The maximum atomic E-state index is 14.1. The smallest absolute Gasteiger partial charge is 0.128 e. The lowest BCUT2D eigenvalue weighted by molar-refractivity contribution is 0.190. The topological polar surface area (TPSA) is 21.3 Å². The van der Waals surface area contributed by atoms with Crippen molar-refractivity contribution in [3.63, 3.8) is 0 Å². The minimum atomic E-state index is -1.08. The number of alkyl halides is 1. The zero-order valence-corrected chi connectivity index (χ0v) is 8.92. The number of hydrogen-bond acceptors (Lipinski definition) is 2. The van der Waals surface area contributed by atoms with Crippen molar-refractivity contribution in [2.45, 2.75) is 18.5 Å². The van der Waals surface area contributed by atoms with Gasteiger partial charge in [0.15, 0.2) is 0 Å². The lowest BCUT2D eigenvalue weighted by Crippen LogP contribution is -2.28. The van der Waals surface area contributed by atoms with Crippen molar-refractivity contribution in [1.82, 2.24) is 5.32 Å². The maximum Gasteiger partial charge on any atom is 0.128 e. The molecule has 1 saturated heterocycles. The molecule has 2 rings (SSSR count). The Morgan fingerprint density at radius 2 is 2.40 bits per heavy atom. The Bertz CT molecular complexity index is 334. The summed E-state index contributed by atoms with van der Waals surface area (Å²) in [6.07, 6.45) is 1.07. The molecule has 1 fully saturated rings. The van der Waals surface area contributed by atoms with Gasteiger partial charge in [-0.05, 0) is 30.7 Å². The van der Waals surface area contributed by atoms with Crippen LogP contribution in [0.5, 0.6) is 5.75 Å². The first-order chi connectivity index (χ1) is 7.22. The molecule has 0 amide bonds. The number of halogens is 1. The minimum absolute atomic E-state index is 0.463. The van der Waals surface area contributed by atoms with Gasteiger partial charge in [0.1, 0.15) is 11.4 Å². The van der Waals surface area contributed by atoms with Crippen LogP contribution >= 0.6 is 0 Å². The third kappa shape index (κ3) is 2.48. The molecular formula is C12H16FNO. The van der Waals surface area contributed by atoms with Crippen molar-refractivity contribution in [2.24, 2.45) is 0 Å². The summed E-state index contributed by atoms with van der Waals surface area (Å²) >= 11 is 0. The van der Waals surface area contributed by atoms with E-state index in [4.69, 9.17) is 4.74 Å². The Balaban J connectivity index is 2.09. The first kappa shape index (κ1) is 10.4. The van der Waals surface area contributed by atoms with Gasteiger partial charge in [0.2, 0.25) is 0 Å². The molecule has 1 aliphatic heterocycles. The van der Waals surface area contributed by atoms with E-state index >= 15 is 0 Å². The van der Waals surface area contributed by atoms with Crippen molar-refractivity contribution < 1.29 is 9.13 Å². The molecule has 1 unspecified atom stereocenters. The van der Waals surface area contributed by atoms with Crippen LogP contribution in [0.25, 0.3) is 0 Å². The number of nitrogens with one attached hydrogen (secondary N) is 1. The molecule has 3 heteroatoms. The molecule has 2 nitrogen and oxygen atoms in total. The molecule has 15 heavy (non-hydrogen) atoms. The predicted octanol–water partition coefficient (Wildman–Crippen LogP) is 1.94. The van der Waals surface area contributed by atoms with Gasteiger partial charge in [0.05, 0.1) is 7.11 Å². The molecule has 0 radical (unpaired) electrons. The average molecular weight is 209 g/mol. The first-order valence-corrected chi connectivity index (χ1v) is 5.24. The van der Waals surface area contributed by atoms with E-state index in [1.165, 1.54) is 0 Å². The lowest BCUT2D eigenvalue weighted by atomic mass is 9.95. The van der Waals surface area contributed by atoms with Gasteiger partial charge in [-0.3, -0.25) is 0 Å². The Hall–Kier alpha value is -1.09. The molecule has 1 atom stereocenters. The van der Waals surface area contributed by atoms with Gasteiger partial charge in [-0.15, -0.1) is 0 Å². The summed E-state index contributed by atoms with van der Waals surface area (Å²) < 4.78 is 19.2. The summed E-state index contributed by atoms with van der Waals surface area (Å²) in [6, 6.07) is 7.63. The molecule has 1 heterocycles. The van der Waals surface area contributed by atoms with Gasteiger partial charge < -0.3 is 10.1 Å². The van der Waals surface area contributed by atoms with E-state index in [2.05, 4.69) is 5.32 Å². The van der Waals surface area contributed by atoms with Gasteiger partial charge in [0, 0.05) is 13.0 Å². The van der Waals surface area contributed by atoms with Crippen molar-refractivity contribution in [2.75, 3.05) is 20.2 Å². The summed E-state index contributed by atoms with van der Waals surface area (Å²) in [5.74, 6) is 0.794. The van der Waals surface area contributed by atoms with Crippen LogP contribution in [0.4, 0.5) is 4.39 Å². The highest BCUT2D eigenvalue weighted by Gasteiger charge is 2.33. The van der Waals surface area contributed by atoms with Crippen LogP contribution in [0, 0.1) is 0 Å². The summed E-state index contributed by atoms with van der Waals surface area (Å²) in [5, 5.41) is 3.06. The van der Waals surface area contributed by atoms with Gasteiger partial charge in [-0.25, -0.2) is 4.39 Å². The maximum absolute atomic E-state index is 14.1. The van der Waals surface area contributed by atoms with Gasteiger partial charge in [-0.2, -0.15) is 0 Å². The van der Waals surface area contributed by atoms with Gasteiger partial charge in [0.25, 0.3) is 0 Å². The SMILES string of the molecule is COc1cccc(CC2(F)CCNC2)c1. The molecule has 0 spiro atoms. The predicted molar refractivity (Wildman–Crippen MR) is 58.0 cm³/mol. The van der Waals surface area contributed by atoms with Crippen LogP contribution in [0.2, 0.25) is 0 Å². The number of benzene rings is 1. The molecule has 0 bridgehead atoms. The Labute approximate surface area is 89.4 Å². The molecule has 1 aromatic carbocycles. The second kappa shape index (κ2) is 4.19. The minimum Gasteiger partial charge on any atom is -0.497 e. The van der Waals surface area contributed by atoms with E-state index in [-0.39, 0.29) is 0 Å². The second-order valence-electron chi connectivity index (χ2n) is 4.11. The van der Waals surface area contributed by atoms with Crippen LogP contribution in [0.1, 0.15) is 12.0 Å². The summed E-state index contributed by atoms with van der Waals surface area (Å²) in [5.41, 5.74) is -0.0765. The molecule has 82 valence electrons. The van der Waals surface area contributed by atoms with Crippen LogP contribution < -0.4 is 10.1 Å². The number of rotatable bonds is 3. The molecule has 1 N–H and O–H groups in total. The van der Waals surface area contributed by atoms with E-state index < -0.39 is 5.67 Å². The fourth-order valence-corrected chi connectivity index (χ4v) is 2.01. The highest BCUT2D eigenvalue weighted by atomic mass is 19.1. The molecule has 0 aromatic heterocycles. The van der Waals surface area contributed by atoms with E-state index in [1.807, 2.05) is 24.3 Å². The second-order valence-corrected chi connectivity index (χ2v) is 4.11. The monoisotopic (exact) mass is 209 g/mol. The normalized spacial score (nSPS) is 25.5. The fraction of sp³-hybridized carbons (Fsp3) is 0.500. The number of methoxy groups -OCH3 is 1. The fourth-order valence-electron chi connectivity index (χ4n) is 2.01. The highest BCUT2D eigenvalue weighted by molar-refractivity contribution is 5.29. The van der Waals surface area contributed by atoms with E-state index in [0.29, 0.717) is 19.4 Å². The molecule has 0 aliphatic carbocycles. The molecule has 0 saturated carbocycles. The van der Waals surface area contributed by atoms with Crippen LogP contribution in [-0.2, 0) is 6.42 Å². The van der Waals surface area contributed by atoms with Crippen molar-refractivity contribution in [3.05, 3.63) is 29.8 Å². The highest BCUT2D eigenvalue weighted by Crippen LogP contribution is 2.26. The zero-order valence-electron chi connectivity index (χ0n) is 8.92. The van der Waals surface area contributed by atoms with Crippen LogP contribution in [0.3, 0.4) is 0 Å². The van der Waals surface area contributed by atoms with Gasteiger partial charge >= 0.3 is 0 Å². The van der Waals surface area contributed by atoms with E-state index in [0.717, 1.165) is 17.9 Å². The Kier molecular flexibility index (Phi) is 2.91. The van der Waals surface area contributed by atoms with E-state index in [9.17, 15) is 4.39 Å². The number of ether oxygens (including phenoxy) is 1. The Morgan fingerprint density at radius 3 is 3.07 bits per heavy atom. The van der Waals surface area contributed by atoms with Crippen LogP contribution in [-0.4, -0.2) is 25.9 Å². The molecule has 1 aromatic rings. The third-order valence-electron chi connectivity index (χ3n) is 2.85. The third-order valence-corrected chi connectivity index (χ3v) is 2.85. The average Bonchev–Trinajstić information content (AvgIpc) is 2.65. The summed E-state index contributed by atoms with van der Waals surface area (Å²) in [4.78, 5) is 0. The van der Waals surface area contributed by atoms with E-state index in [1.54, 1.807) is 7.11 Å². The van der Waals surface area contributed by atoms with Crippen molar-refractivity contribution >= 4 is 0 Å². The van der Waals surface area contributed by atoms with Gasteiger partial charge in [-0.1, -0.05) is 12.1 Å². The summed E-state index contributed by atoms with van der Waals surface area (Å²) in [6.45, 7) is 1.24. The lowest BCUT2D eigenvalue weighted by Gasteiger charge is -2.18. The van der Waals surface area contributed by atoms with Crippen molar-refractivity contribution in [3.8, 4) is 5.75 Å². The summed E-state index contributed by atoms with van der Waals surface area (Å²) in [7, 11) is 1.63. The largest absolute Gasteiger partial charge is 0.497 e. The molecular weight excluding hydrogens is 193 g/mol. The Morgan fingerprint density at radius 1 is 1.53 bits per heavy atom. The van der Waals surface area contributed by atoms with Crippen molar-refractivity contribution in [1.29, 1.82) is 0 Å². The number of hydrogen-bond donors (Lipinski definition) is 1. The van der Waals surface area contributed by atoms with Crippen LogP contribution in [0.15, 0.2) is 24.3 Å². The zero-order chi connectivity index (χ0) is 10.7. The standard InChI is InChI=1S/C12H16FNO/c1-15-11-4-2-3-10(7-11)8-12(13)5-6-14-9-12/h2-4,7,14H,5-6,8-9H2,1H3. The quantitative estimate of drug-likeness (QED) is 0.821. The molecule has 1 aliphatic rings.